The molecule has 0 fully saturated rings. The van der Waals surface area contributed by atoms with Crippen molar-refractivity contribution in [2.75, 3.05) is 0 Å². The summed E-state index contributed by atoms with van der Waals surface area (Å²) in [5.74, 6) is -0.829. The normalized spacial score (nSPS) is 21.0. The molecule has 24 heavy (non-hydrogen) atoms. The van der Waals surface area contributed by atoms with Crippen LogP contribution in [0.2, 0.25) is 0 Å². The smallest absolute Gasteiger partial charge is 0.362 e. The minimum absolute atomic E-state index is 0.146. The fourth-order valence-electron chi connectivity index (χ4n) is 2.62. The van der Waals surface area contributed by atoms with Crippen LogP contribution < -0.4 is 0 Å². The quantitative estimate of drug-likeness (QED) is 0.858. The Hall–Kier alpha value is -1.89. The number of halogens is 3. The van der Waals surface area contributed by atoms with Crippen LogP contribution in [-0.2, 0) is 11.2 Å². The first-order chi connectivity index (χ1) is 11.3. The first kappa shape index (κ1) is 18.4. The van der Waals surface area contributed by atoms with Crippen LogP contribution in [0.3, 0.4) is 0 Å². The maximum absolute atomic E-state index is 13.3. The van der Waals surface area contributed by atoms with Gasteiger partial charge in [0.2, 0.25) is 5.91 Å². The van der Waals surface area contributed by atoms with Gasteiger partial charge in [-0.2, -0.15) is 23.3 Å². The van der Waals surface area contributed by atoms with E-state index in [0.29, 0.717) is 19.3 Å². The molecule has 0 spiro atoms. The summed E-state index contributed by atoms with van der Waals surface area (Å²) in [6, 6.07) is 9.00. The molecule has 1 amide bonds. The number of hydrazone groups is 1. The molecular formula is C17H21F3N2O2. The summed E-state index contributed by atoms with van der Waals surface area (Å²) in [6.07, 6.45) is -3.67. The second kappa shape index (κ2) is 7.34. The lowest BCUT2D eigenvalue weighted by atomic mass is 10.0. The van der Waals surface area contributed by atoms with E-state index >= 15 is 0 Å². The molecule has 1 aromatic rings. The van der Waals surface area contributed by atoms with Crippen LogP contribution in [0.4, 0.5) is 13.2 Å². The van der Waals surface area contributed by atoms with Crippen molar-refractivity contribution in [2.24, 2.45) is 5.10 Å². The summed E-state index contributed by atoms with van der Waals surface area (Å²) >= 11 is 0. The molecule has 0 bridgehead atoms. The Bertz CT molecular complexity index is 602. The number of carbonyl (C=O) groups is 1. The summed E-state index contributed by atoms with van der Waals surface area (Å²) in [7, 11) is 0. The van der Waals surface area contributed by atoms with Crippen molar-refractivity contribution >= 4 is 11.6 Å². The van der Waals surface area contributed by atoms with Gasteiger partial charge < -0.3 is 5.11 Å². The third-order valence-electron chi connectivity index (χ3n) is 4.02. The lowest BCUT2D eigenvalue weighted by Crippen LogP contribution is -2.56. The predicted molar refractivity (Wildman–Crippen MR) is 84.2 cm³/mol. The first-order valence-electron chi connectivity index (χ1n) is 8.00. The monoisotopic (exact) mass is 342 g/mol. The van der Waals surface area contributed by atoms with Crippen molar-refractivity contribution in [1.82, 2.24) is 5.01 Å². The largest absolute Gasteiger partial charge is 0.438 e. The van der Waals surface area contributed by atoms with Gasteiger partial charge in [0, 0.05) is 18.6 Å². The molecule has 1 aromatic carbocycles. The third-order valence-corrected chi connectivity index (χ3v) is 4.02. The average molecular weight is 342 g/mol. The van der Waals surface area contributed by atoms with E-state index in [9.17, 15) is 23.1 Å². The van der Waals surface area contributed by atoms with Crippen LogP contribution in [0.1, 0.15) is 44.6 Å². The van der Waals surface area contributed by atoms with Crippen molar-refractivity contribution in [3.8, 4) is 0 Å². The summed E-state index contributed by atoms with van der Waals surface area (Å²) in [4.78, 5) is 12.3. The van der Waals surface area contributed by atoms with E-state index < -0.39 is 24.2 Å². The third kappa shape index (κ3) is 3.95. The maximum atomic E-state index is 13.3. The minimum atomic E-state index is -4.95. The number of aliphatic hydroxyl groups is 1. The number of amides is 1. The fourth-order valence-corrected chi connectivity index (χ4v) is 2.62. The Kier molecular flexibility index (Phi) is 5.64. The van der Waals surface area contributed by atoms with Gasteiger partial charge in [-0.25, -0.2) is 0 Å². The van der Waals surface area contributed by atoms with Gasteiger partial charge in [-0.3, -0.25) is 4.79 Å². The highest BCUT2D eigenvalue weighted by atomic mass is 19.4. The lowest BCUT2D eigenvalue weighted by Gasteiger charge is -2.32. The fraction of sp³-hybridized carbons (Fsp3) is 0.529. The Morgan fingerprint density at radius 2 is 1.96 bits per heavy atom. The highest BCUT2D eigenvalue weighted by Gasteiger charge is 2.62. The average Bonchev–Trinajstić information content (AvgIpc) is 2.90. The molecule has 132 valence electrons. The Morgan fingerprint density at radius 3 is 2.54 bits per heavy atom. The van der Waals surface area contributed by atoms with Crippen molar-refractivity contribution in [1.29, 1.82) is 0 Å². The van der Waals surface area contributed by atoms with Gasteiger partial charge in [-0.1, -0.05) is 43.7 Å². The molecule has 0 aromatic heterocycles. The number of rotatable bonds is 6. The molecule has 7 heteroatoms. The van der Waals surface area contributed by atoms with E-state index in [-0.39, 0.29) is 17.1 Å². The Morgan fingerprint density at radius 1 is 1.29 bits per heavy atom. The lowest BCUT2D eigenvalue weighted by molar-refractivity contribution is -0.302. The first-order valence-corrected chi connectivity index (χ1v) is 8.00. The van der Waals surface area contributed by atoms with Gasteiger partial charge >= 0.3 is 6.18 Å². The zero-order chi connectivity index (χ0) is 17.8. The maximum Gasteiger partial charge on any atom is 0.438 e. The molecule has 4 nitrogen and oxygen atoms in total. The van der Waals surface area contributed by atoms with Crippen molar-refractivity contribution in [3.05, 3.63) is 35.9 Å². The van der Waals surface area contributed by atoms with E-state index in [1.54, 1.807) is 24.3 Å². The van der Waals surface area contributed by atoms with E-state index in [2.05, 4.69) is 5.10 Å². The molecule has 1 aliphatic heterocycles. The molecule has 0 saturated carbocycles. The molecule has 0 radical (unpaired) electrons. The zero-order valence-corrected chi connectivity index (χ0v) is 13.5. The van der Waals surface area contributed by atoms with Gasteiger partial charge in [0.25, 0.3) is 5.72 Å². The van der Waals surface area contributed by atoms with Gasteiger partial charge in [-0.05, 0) is 24.8 Å². The molecule has 0 unspecified atom stereocenters. The molecule has 1 atom stereocenters. The molecule has 0 aliphatic carbocycles. The van der Waals surface area contributed by atoms with Crippen molar-refractivity contribution < 1.29 is 23.1 Å². The van der Waals surface area contributed by atoms with Gasteiger partial charge in [0.1, 0.15) is 0 Å². The van der Waals surface area contributed by atoms with Crippen LogP contribution in [0.15, 0.2) is 35.4 Å². The molecule has 1 aliphatic rings. The van der Waals surface area contributed by atoms with Crippen LogP contribution in [0.25, 0.3) is 0 Å². The number of unbranched alkanes of at least 4 members (excludes halogenated alkanes) is 1. The van der Waals surface area contributed by atoms with E-state index in [0.717, 1.165) is 12.0 Å². The second-order valence-corrected chi connectivity index (χ2v) is 5.95. The summed E-state index contributed by atoms with van der Waals surface area (Å²) in [6.45, 7) is 1.91. The van der Waals surface area contributed by atoms with Gasteiger partial charge in [0.05, 0.1) is 0 Å². The highest BCUT2D eigenvalue weighted by Crippen LogP contribution is 2.41. The van der Waals surface area contributed by atoms with Crippen LogP contribution in [-0.4, -0.2) is 33.6 Å². The standard InChI is InChI=1S/C17H21F3N2O2/c1-2-3-9-14-12-16(24,17(18,19)20)22(21-14)15(23)11-10-13-7-5-4-6-8-13/h4-8,24H,2-3,9-12H2,1H3/t16-/m0/s1. The van der Waals surface area contributed by atoms with Crippen molar-refractivity contribution in [2.45, 2.75) is 57.3 Å². The topological polar surface area (TPSA) is 52.9 Å². The second-order valence-electron chi connectivity index (χ2n) is 5.95. The van der Waals surface area contributed by atoms with E-state index in [1.165, 1.54) is 0 Å². The number of aryl methyl sites for hydroxylation is 1. The number of hydrogen-bond donors (Lipinski definition) is 1. The van der Waals surface area contributed by atoms with Crippen molar-refractivity contribution in [3.63, 3.8) is 0 Å². The Labute approximate surface area is 139 Å². The number of hydrogen-bond acceptors (Lipinski definition) is 3. The molecule has 0 saturated heterocycles. The van der Waals surface area contributed by atoms with Gasteiger partial charge in [-0.15, -0.1) is 0 Å². The van der Waals surface area contributed by atoms with E-state index in [1.807, 2.05) is 13.0 Å². The molecule has 1 heterocycles. The van der Waals surface area contributed by atoms with Crippen LogP contribution in [0.5, 0.6) is 0 Å². The van der Waals surface area contributed by atoms with E-state index in [4.69, 9.17) is 0 Å². The minimum Gasteiger partial charge on any atom is -0.362 e. The van der Waals surface area contributed by atoms with Crippen LogP contribution >= 0.6 is 0 Å². The number of benzene rings is 1. The zero-order valence-electron chi connectivity index (χ0n) is 13.5. The molecular weight excluding hydrogens is 321 g/mol. The number of alkyl halides is 3. The number of nitrogens with zero attached hydrogens (tertiary/aromatic N) is 2. The number of carbonyl (C=O) groups excluding carboxylic acids is 1. The SMILES string of the molecule is CCCCC1=NN(C(=O)CCc2ccccc2)[C@@](O)(C(F)(F)F)C1. The Balaban J connectivity index is 2.12. The van der Waals surface area contributed by atoms with Crippen LogP contribution in [0, 0.1) is 0 Å². The molecule has 2 rings (SSSR count). The predicted octanol–water partition coefficient (Wildman–Crippen LogP) is 3.65. The summed E-state index contributed by atoms with van der Waals surface area (Å²) in [5.41, 5.74) is -2.18. The molecule has 1 N–H and O–H groups in total. The highest BCUT2D eigenvalue weighted by molar-refractivity contribution is 5.90. The van der Waals surface area contributed by atoms with Gasteiger partial charge in [0.15, 0.2) is 0 Å². The summed E-state index contributed by atoms with van der Waals surface area (Å²) in [5, 5.41) is 14.1. The summed E-state index contributed by atoms with van der Waals surface area (Å²) < 4.78 is 39.9.